The molecule has 0 bridgehead atoms. The Balaban J connectivity index is 1.75. The summed E-state index contributed by atoms with van der Waals surface area (Å²) in [4.78, 5) is 25.6. The minimum atomic E-state index is -0.881. The second-order valence-electron chi connectivity index (χ2n) is 6.09. The minimum Gasteiger partial charge on any atom is -0.493 e. The largest absolute Gasteiger partial charge is 0.493 e. The van der Waals surface area contributed by atoms with Crippen LogP contribution >= 0.6 is 0 Å². The van der Waals surface area contributed by atoms with Gasteiger partial charge in [0.05, 0.1) is 18.6 Å². The first kappa shape index (κ1) is 12.7. The molecule has 0 spiro atoms. The first-order valence-corrected chi connectivity index (χ1v) is 7.45. The number of ether oxygens (including phenoxy) is 1. The van der Waals surface area contributed by atoms with Gasteiger partial charge in [0.15, 0.2) is 0 Å². The fraction of sp³-hybridized carbons (Fsp3) is 0.500. The van der Waals surface area contributed by atoms with Gasteiger partial charge in [-0.2, -0.15) is 0 Å². The van der Waals surface area contributed by atoms with Gasteiger partial charge < -0.3 is 14.7 Å². The first-order chi connectivity index (χ1) is 10.1. The summed E-state index contributed by atoms with van der Waals surface area (Å²) < 4.78 is 5.50. The van der Waals surface area contributed by atoms with Gasteiger partial charge in [-0.25, -0.2) is 0 Å². The monoisotopic (exact) mass is 287 g/mol. The Morgan fingerprint density at radius 3 is 2.86 bits per heavy atom. The van der Waals surface area contributed by atoms with Crippen LogP contribution in [0, 0.1) is 5.92 Å². The van der Waals surface area contributed by atoms with Crippen LogP contribution in [0.5, 0.6) is 5.75 Å². The van der Waals surface area contributed by atoms with E-state index < -0.39 is 11.9 Å². The number of carboxylic acids is 1. The van der Waals surface area contributed by atoms with Crippen molar-refractivity contribution in [3.8, 4) is 5.75 Å². The van der Waals surface area contributed by atoms with Crippen molar-refractivity contribution in [1.29, 1.82) is 0 Å². The molecule has 0 aromatic heterocycles. The lowest BCUT2D eigenvalue weighted by atomic mass is 9.92. The van der Waals surface area contributed by atoms with Crippen molar-refractivity contribution in [2.75, 3.05) is 6.61 Å². The van der Waals surface area contributed by atoms with E-state index in [-0.39, 0.29) is 24.4 Å². The molecule has 21 heavy (non-hydrogen) atoms. The molecular weight excluding hydrogens is 270 g/mol. The predicted molar refractivity (Wildman–Crippen MR) is 74.0 cm³/mol. The Morgan fingerprint density at radius 2 is 2.14 bits per heavy atom. The van der Waals surface area contributed by atoms with Crippen molar-refractivity contribution < 1.29 is 19.4 Å². The van der Waals surface area contributed by atoms with Crippen LogP contribution in [0.25, 0.3) is 0 Å². The standard InChI is InChI=1S/C16H17NO4/c18-14-8-12(16(19)20)15(17(14)11-2-3-11)10-1-4-13-9(7-10)5-6-21-13/h1,4,7,11-12,15H,2-3,5-6,8H2,(H,19,20). The highest BCUT2D eigenvalue weighted by Crippen LogP contribution is 2.45. The van der Waals surface area contributed by atoms with E-state index in [4.69, 9.17) is 4.74 Å². The van der Waals surface area contributed by atoms with Crippen molar-refractivity contribution in [1.82, 2.24) is 4.90 Å². The Kier molecular flexibility index (Phi) is 2.71. The molecule has 1 aliphatic carbocycles. The number of carbonyl (C=O) groups is 2. The van der Waals surface area contributed by atoms with Gasteiger partial charge in [0, 0.05) is 18.9 Å². The molecule has 2 unspecified atom stereocenters. The molecule has 3 aliphatic rings. The van der Waals surface area contributed by atoms with E-state index in [1.807, 2.05) is 23.1 Å². The summed E-state index contributed by atoms with van der Waals surface area (Å²) in [6.45, 7) is 0.678. The van der Waals surface area contributed by atoms with Gasteiger partial charge in [0.1, 0.15) is 5.75 Å². The van der Waals surface area contributed by atoms with Crippen LogP contribution in [0.2, 0.25) is 0 Å². The number of likely N-dealkylation sites (tertiary alicyclic amines) is 1. The van der Waals surface area contributed by atoms with Crippen LogP contribution in [0.1, 0.15) is 36.4 Å². The van der Waals surface area contributed by atoms with E-state index in [0.29, 0.717) is 6.61 Å². The fourth-order valence-electron chi connectivity index (χ4n) is 3.54. The summed E-state index contributed by atoms with van der Waals surface area (Å²) in [6, 6.07) is 5.75. The van der Waals surface area contributed by atoms with Crippen molar-refractivity contribution in [3.63, 3.8) is 0 Å². The second-order valence-corrected chi connectivity index (χ2v) is 6.09. The summed E-state index contributed by atoms with van der Waals surface area (Å²) in [5.41, 5.74) is 2.05. The Hall–Kier alpha value is -2.04. The molecule has 2 atom stereocenters. The molecule has 1 amide bonds. The number of hydrogen-bond acceptors (Lipinski definition) is 3. The van der Waals surface area contributed by atoms with E-state index in [0.717, 1.165) is 36.1 Å². The van der Waals surface area contributed by atoms with Crippen LogP contribution in [0.4, 0.5) is 0 Å². The number of carboxylic acid groups (broad SMARTS) is 1. The molecule has 110 valence electrons. The molecule has 1 saturated heterocycles. The lowest BCUT2D eigenvalue weighted by Crippen LogP contribution is -2.32. The van der Waals surface area contributed by atoms with E-state index in [9.17, 15) is 14.7 Å². The topological polar surface area (TPSA) is 66.8 Å². The second kappa shape index (κ2) is 4.48. The zero-order valence-electron chi connectivity index (χ0n) is 11.6. The zero-order valence-corrected chi connectivity index (χ0v) is 11.6. The number of nitrogens with zero attached hydrogens (tertiary/aromatic N) is 1. The predicted octanol–water partition coefficient (Wildman–Crippen LogP) is 1.76. The molecule has 2 aliphatic heterocycles. The van der Waals surface area contributed by atoms with Crippen LogP contribution < -0.4 is 4.74 Å². The molecule has 4 rings (SSSR count). The van der Waals surface area contributed by atoms with Crippen LogP contribution in [0.3, 0.4) is 0 Å². The summed E-state index contributed by atoms with van der Waals surface area (Å²) in [5, 5.41) is 9.47. The molecular formula is C16H17NO4. The number of rotatable bonds is 3. The van der Waals surface area contributed by atoms with Gasteiger partial charge in [-0.3, -0.25) is 9.59 Å². The van der Waals surface area contributed by atoms with E-state index in [1.54, 1.807) is 0 Å². The van der Waals surface area contributed by atoms with Crippen molar-refractivity contribution >= 4 is 11.9 Å². The fourth-order valence-corrected chi connectivity index (χ4v) is 3.54. The number of benzene rings is 1. The third-order valence-corrected chi connectivity index (χ3v) is 4.68. The van der Waals surface area contributed by atoms with Crippen molar-refractivity contribution in [2.24, 2.45) is 5.92 Å². The summed E-state index contributed by atoms with van der Waals surface area (Å²) in [5.74, 6) is -0.661. The number of carbonyl (C=O) groups excluding carboxylic acids is 1. The molecule has 2 fully saturated rings. The number of fused-ring (bicyclic) bond motifs is 1. The third kappa shape index (κ3) is 1.99. The number of hydrogen-bond donors (Lipinski definition) is 1. The molecule has 1 aromatic rings. The highest BCUT2D eigenvalue weighted by Gasteiger charge is 2.50. The SMILES string of the molecule is O=C(O)C1CC(=O)N(C2CC2)C1c1ccc2c(c1)CCO2. The Bertz CT molecular complexity index is 623. The molecule has 2 heterocycles. The maximum absolute atomic E-state index is 12.2. The number of amides is 1. The zero-order chi connectivity index (χ0) is 14.6. The molecule has 1 aromatic carbocycles. The average Bonchev–Trinajstić information content (AvgIpc) is 3.07. The summed E-state index contributed by atoms with van der Waals surface area (Å²) >= 11 is 0. The molecule has 0 radical (unpaired) electrons. The van der Waals surface area contributed by atoms with Gasteiger partial charge in [-0.15, -0.1) is 0 Å². The summed E-state index contributed by atoms with van der Waals surface area (Å²) in [6.07, 6.45) is 2.94. The molecule has 1 N–H and O–H groups in total. The van der Waals surface area contributed by atoms with Gasteiger partial charge in [0.25, 0.3) is 0 Å². The molecule has 1 saturated carbocycles. The highest BCUT2D eigenvalue weighted by molar-refractivity contribution is 5.87. The van der Waals surface area contributed by atoms with Crippen LogP contribution in [-0.4, -0.2) is 34.5 Å². The van der Waals surface area contributed by atoms with E-state index in [2.05, 4.69) is 0 Å². The van der Waals surface area contributed by atoms with Gasteiger partial charge in [-0.1, -0.05) is 6.07 Å². The Labute approximate surface area is 122 Å². The lowest BCUT2D eigenvalue weighted by Gasteiger charge is -2.27. The smallest absolute Gasteiger partial charge is 0.309 e. The third-order valence-electron chi connectivity index (χ3n) is 4.68. The number of aliphatic carboxylic acids is 1. The molecule has 5 heteroatoms. The lowest BCUT2D eigenvalue weighted by molar-refractivity contribution is -0.142. The van der Waals surface area contributed by atoms with Gasteiger partial charge in [0.2, 0.25) is 5.91 Å². The first-order valence-electron chi connectivity index (χ1n) is 7.45. The summed E-state index contributed by atoms with van der Waals surface area (Å²) in [7, 11) is 0. The maximum Gasteiger partial charge on any atom is 0.309 e. The Morgan fingerprint density at radius 1 is 1.33 bits per heavy atom. The quantitative estimate of drug-likeness (QED) is 0.920. The van der Waals surface area contributed by atoms with Crippen molar-refractivity contribution in [2.45, 2.75) is 37.8 Å². The van der Waals surface area contributed by atoms with Crippen LogP contribution in [0.15, 0.2) is 18.2 Å². The average molecular weight is 287 g/mol. The highest BCUT2D eigenvalue weighted by atomic mass is 16.5. The molecule has 5 nitrogen and oxygen atoms in total. The van der Waals surface area contributed by atoms with Gasteiger partial charge in [-0.05, 0) is 36.1 Å². The van der Waals surface area contributed by atoms with Gasteiger partial charge >= 0.3 is 5.97 Å². The van der Waals surface area contributed by atoms with E-state index >= 15 is 0 Å². The normalized spacial score (nSPS) is 27.6. The maximum atomic E-state index is 12.2. The van der Waals surface area contributed by atoms with Crippen molar-refractivity contribution in [3.05, 3.63) is 29.3 Å². The van der Waals surface area contributed by atoms with E-state index in [1.165, 1.54) is 0 Å². The minimum absolute atomic E-state index is 0.0216. The van der Waals surface area contributed by atoms with Crippen LogP contribution in [-0.2, 0) is 16.0 Å².